The summed E-state index contributed by atoms with van der Waals surface area (Å²) in [6, 6.07) is 1.58. The number of rotatable bonds is 1. The highest BCUT2D eigenvalue weighted by atomic mass is 19.1. The molecule has 1 aromatic heterocycles. The maximum Gasteiger partial charge on any atom is 0.239 e. The molecule has 0 aliphatic heterocycles. The fourth-order valence-corrected chi connectivity index (χ4v) is 0.719. The standard InChI is InChI=1S/C7H9FN2O/c1-4-3-5(11-2)10-7(8)6(4)9/h3H,9H2,1-2H3. The van der Waals surface area contributed by atoms with E-state index in [9.17, 15) is 4.39 Å². The smallest absolute Gasteiger partial charge is 0.239 e. The third-order valence-corrected chi connectivity index (χ3v) is 1.40. The van der Waals surface area contributed by atoms with Gasteiger partial charge < -0.3 is 10.5 Å². The van der Waals surface area contributed by atoms with Crippen LogP contribution < -0.4 is 10.5 Å². The number of nitrogens with two attached hydrogens (primary N) is 1. The van der Waals surface area contributed by atoms with Gasteiger partial charge in [0.05, 0.1) is 12.8 Å². The first-order valence-corrected chi connectivity index (χ1v) is 3.11. The highest BCUT2D eigenvalue weighted by Crippen LogP contribution is 2.18. The number of hydrogen-bond donors (Lipinski definition) is 1. The molecule has 0 atom stereocenters. The molecule has 3 nitrogen and oxygen atoms in total. The number of hydrogen-bond acceptors (Lipinski definition) is 3. The summed E-state index contributed by atoms with van der Waals surface area (Å²) in [5, 5.41) is 0. The van der Waals surface area contributed by atoms with Gasteiger partial charge in [-0.2, -0.15) is 9.37 Å². The zero-order valence-electron chi connectivity index (χ0n) is 6.39. The minimum absolute atomic E-state index is 0.0748. The van der Waals surface area contributed by atoms with Crippen LogP contribution >= 0.6 is 0 Å². The van der Waals surface area contributed by atoms with Crippen LogP contribution in [-0.4, -0.2) is 12.1 Å². The largest absolute Gasteiger partial charge is 0.481 e. The molecule has 0 amide bonds. The Hall–Kier alpha value is -1.32. The number of aryl methyl sites for hydroxylation is 1. The third-order valence-electron chi connectivity index (χ3n) is 1.40. The van der Waals surface area contributed by atoms with Crippen molar-refractivity contribution in [2.45, 2.75) is 6.92 Å². The Morgan fingerprint density at radius 3 is 2.73 bits per heavy atom. The Bertz CT molecular complexity index is 252. The molecule has 0 aromatic carbocycles. The zero-order valence-corrected chi connectivity index (χ0v) is 6.39. The van der Waals surface area contributed by atoms with Gasteiger partial charge in [-0.25, -0.2) is 0 Å². The van der Waals surface area contributed by atoms with Crippen LogP contribution in [0.4, 0.5) is 10.1 Å². The summed E-state index contributed by atoms with van der Waals surface area (Å²) in [6.07, 6.45) is 0. The Morgan fingerprint density at radius 2 is 2.27 bits per heavy atom. The summed E-state index contributed by atoms with van der Waals surface area (Å²) in [6.45, 7) is 1.70. The molecule has 60 valence electrons. The van der Waals surface area contributed by atoms with Gasteiger partial charge in [0.15, 0.2) is 0 Å². The summed E-state index contributed by atoms with van der Waals surface area (Å²) in [4.78, 5) is 3.44. The van der Waals surface area contributed by atoms with Gasteiger partial charge in [-0.1, -0.05) is 0 Å². The SMILES string of the molecule is COc1cc(C)c(N)c(F)n1. The second-order valence-corrected chi connectivity index (χ2v) is 2.19. The fourth-order valence-electron chi connectivity index (χ4n) is 0.719. The summed E-state index contributed by atoms with van der Waals surface area (Å²) >= 11 is 0. The molecular formula is C7H9FN2O. The number of halogens is 1. The first-order valence-electron chi connectivity index (χ1n) is 3.11. The molecule has 11 heavy (non-hydrogen) atoms. The number of anilines is 1. The first kappa shape index (κ1) is 7.78. The topological polar surface area (TPSA) is 48.1 Å². The van der Waals surface area contributed by atoms with Gasteiger partial charge >= 0.3 is 0 Å². The minimum Gasteiger partial charge on any atom is -0.481 e. The van der Waals surface area contributed by atoms with Crippen LogP contribution in [0.5, 0.6) is 5.88 Å². The van der Waals surface area contributed by atoms with Crippen molar-refractivity contribution in [2.75, 3.05) is 12.8 Å². The molecule has 0 aliphatic rings. The average molecular weight is 156 g/mol. The van der Waals surface area contributed by atoms with Gasteiger partial charge in [-0.05, 0) is 12.5 Å². The molecule has 0 saturated heterocycles. The minimum atomic E-state index is -0.679. The van der Waals surface area contributed by atoms with Crippen LogP contribution in [0.2, 0.25) is 0 Å². The van der Waals surface area contributed by atoms with Crippen LogP contribution in [0.3, 0.4) is 0 Å². The van der Waals surface area contributed by atoms with Gasteiger partial charge in [0.2, 0.25) is 11.8 Å². The Morgan fingerprint density at radius 1 is 1.64 bits per heavy atom. The van der Waals surface area contributed by atoms with Crippen molar-refractivity contribution >= 4 is 5.69 Å². The molecule has 0 unspecified atom stereocenters. The first-order chi connectivity index (χ1) is 5.15. The highest BCUT2D eigenvalue weighted by molar-refractivity contribution is 5.46. The van der Waals surface area contributed by atoms with Crippen molar-refractivity contribution in [3.63, 3.8) is 0 Å². The molecule has 4 heteroatoms. The Labute approximate surface area is 64.0 Å². The van der Waals surface area contributed by atoms with Crippen molar-refractivity contribution in [3.8, 4) is 5.88 Å². The second kappa shape index (κ2) is 2.74. The summed E-state index contributed by atoms with van der Waals surface area (Å²) in [5.74, 6) is -0.434. The summed E-state index contributed by atoms with van der Waals surface area (Å²) in [5.41, 5.74) is 6.02. The number of pyridine rings is 1. The van der Waals surface area contributed by atoms with Crippen LogP contribution in [0.1, 0.15) is 5.56 Å². The lowest BCUT2D eigenvalue weighted by Gasteiger charge is -2.03. The Kier molecular flexibility index (Phi) is 1.94. The van der Waals surface area contributed by atoms with Crippen molar-refractivity contribution in [3.05, 3.63) is 17.6 Å². The predicted molar refractivity (Wildman–Crippen MR) is 39.9 cm³/mol. The van der Waals surface area contributed by atoms with E-state index in [1.807, 2.05) is 0 Å². The molecule has 0 spiro atoms. The maximum absolute atomic E-state index is 12.7. The van der Waals surface area contributed by atoms with E-state index in [1.165, 1.54) is 7.11 Å². The molecule has 1 heterocycles. The predicted octanol–water partition coefficient (Wildman–Crippen LogP) is 1.12. The molecule has 0 aliphatic carbocycles. The van der Waals surface area contributed by atoms with E-state index < -0.39 is 5.95 Å². The summed E-state index contributed by atoms with van der Waals surface area (Å²) in [7, 11) is 1.43. The lowest BCUT2D eigenvalue weighted by molar-refractivity contribution is 0.387. The van der Waals surface area contributed by atoms with E-state index in [4.69, 9.17) is 10.5 Å². The number of nitrogen functional groups attached to an aromatic ring is 1. The van der Waals surface area contributed by atoms with E-state index >= 15 is 0 Å². The number of aromatic nitrogens is 1. The van der Waals surface area contributed by atoms with E-state index in [0.29, 0.717) is 5.56 Å². The normalized spacial score (nSPS) is 9.73. The van der Waals surface area contributed by atoms with Gasteiger partial charge in [-0.3, -0.25) is 0 Å². The average Bonchev–Trinajstić information content (AvgIpc) is 1.99. The lowest BCUT2D eigenvalue weighted by atomic mass is 10.2. The van der Waals surface area contributed by atoms with Gasteiger partial charge in [-0.15, -0.1) is 0 Å². The molecule has 0 fully saturated rings. The molecular weight excluding hydrogens is 147 g/mol. The third kappa shape index (κ3) is 1.39. The van der Waals surface area contributed by atoms with Crippen LogP contribution in [0.25, 0.3) is 0 Å². The number of ether oxygens (including phenoxy) is 1. The Balaban J connectivity index is 3.21. The lowest BCUT2D eigenvalue weighted by Crippen LogP contribution is -1.99. The van der Waals surface area contributed by atoms with Crippen molar-refractivity contribution in [2.24, 2.45) is 0 Å². The van der Waals surface area contributed by atoms with E-state index in [0.717, 1.165) is 0 Å². The monoisotopic (exact) mass is 156 g/mol. The molecule has 2 N–H and O–H groups in total. The van der Waals surface area contributed by atoms with Crippen LogP contribution in [0, 0.1) is 12.9 Å². The van der Waals surface area contributed by atoms with Crippen molar-refractivity contribution in [1.82, 2.24) is 4.98 Å². The van der Waals surface area contributed by atoms with Crippen molar-refractivity contribution < 1.29 is 9.13 Å². The van der Waals surface area contributed by atoms with Crippen LogP contribution in [-0.2, 0) is 0 Å². The quantitative estimate of drug-likeness (QED) is 0.620. The second-order valence-electron chi connectivity index (χ2n) is 2.19. The van der Waals surface area contributed by atoms with E-state index in [-0.39, 0.29) is 11.6 Å². The maximum atomic E-state index is 12.7. The zero-order chi connectivity index (χ0) is 8.43. The molecule has 0 bridgehead atoms. The fraction of sp³-hybridized carbons (Fsp3) is 0.286. The molecule has 1 aromatic rings. The summed E-state index contributed by atoms with van der Waals surface area (Å²) < 4.78 is 17.4. The molecule has 0 saturated carbocycles. The number of methoxy groups -OCH3 is 1. The van der Waals surface area contributed by atoms with E-state index in [1.54, 1.807) is 13.0 Å². The van der Waals surface area contributed by atoms with Crippen molar-refractivity contribution in [1.29, 1.82) is 0 Å². The highest BCUT2D eigenvalue weighted by Gasteiger charge is 2.05. The molecule has 0 radical (unpaired) electrons. The number of nitrogens with zero attached hydrogens (tertiary/aromatic N) is 1. The molecule has 1 rings (SSSR count). The van der Waals surface area contributed by atoms with Crippen LogP contribution in [0.15, 0.2) is 6.07 Å². The van der Waals surface area contributed by atoms with E-state index in [2.05, 4.69) is 4.98 Å². The van der Waals surface area contributed by atoms with Gasteiger partial charge in [0, 0.05) is 6.07 Å². The van der Waals surface area contributed by atoms with Gasteiger partial charge in [0.1, 0.15) is 0 Å². The van der Waals surface area contributed by atoms with Gasteiger partial charge in [0.25, 0.3) is 0 Å².